The molecular weight excluding hydrogens is 322 g/mol. The Bertz CT molecular complexity index is 723. The summed E-state index contributed by atoms with van der Waals surface area (Å²) in [6.07, 6.45) is 1.68. The van der Waals surface area contributed by atoms with Crippen molar-refractivity contribution in [1.29, 1.82) is 0 Å². The fraction of sp³-hybridized carbons (Fsp3) is 0.333. The Morgan fingerprint density at radius 1 is 1.30 bits per heavy atom. The van der Waals surface area contributed by atoms with Crippen molar-refractivity contribution < 1.29 is 27.5 Å². The van der Waals surface area contributed by atoms with E-state index in [2.05, 4.69) is 4.72 Å². The molecule has 126 valence electrons. The molecule has 0 heterocycles. The molecule has 0 aromatic heterocycles. The molecule has 0 bridgehead atoms. The molecule has 1 atom stereocenters. The minimum atomic E-state index is -3.70. The summed E-state index contributed by atoms with van der Waals surface area (Å²) in [4.78, 5) is 22.6. The first-order valence-corrected chi connectivity index (χ1v) is 8.20. The van der Waals surface area contributed by atoms with Crippen LogP contribution in [0.5, 0.6) is 5.75 Å². The summed E-state index contributed by atoms with van der Waals surface area (Å²) < 4.78 is 36.0. The number of methoxy groups -OCH3 is 1. The van der Waals surface area contributed by atoms with Crippen LogP contribution in [0.2, 0.25) is 0 Å². The summed E-state index contributed by atoms with van der Waals surface area (Å²) in [5, 5.41) is 0. The van der Waals surface area contributed by atoms with E-state index in [1.54, 1.807) is 6.07 Å². The molecule has 0 aliphatic rings. The minimum Gasteiger partial charge on any atom is -0.495 e. The summed E-state index contributed by atoms with van der Waals surface area (Å²) in [5.41, 5.74) is 0.465. The Labute approximate surface area is 135 Å². The molecule has 0 saturated heterocycles. The zero-order valence-electron chi connectivity index (χ0n) is 13.3. The lowest BCUT2D eigenvalue weighted by molar-refractivity contribution is -0.148. The number of rotatable bonds is 7. The van der Waals surface area contributed by atoms with Gasteiger partial charge in [0.15, 0.2) is 11.9 Å². The average Bonchev–Trinajstić information content (AvgIpc) is 2.52. The van der Waals surface area contributed by atoms with Gasteiger partial charge in [-0.1, -0.05) is 6.07 Å². The molecule has 1 N–H and O–H groups in total. The van der Waals surface area contributed by atoms with Crippen molar-refractivity contribution in [2.45, 2.75) is 24.8 Å². The fourth-order valence-corrected chi connectivity index (χ4v) is 2.51. The summed E-state index contributed by atoms with van der Waals surface area (Å²) in [5.74, 6) is -0.774. The van der Waals surface area contributed by atoms with E-state index in [-0.39, 0.29) is 16.4 Å². The normalized spacial score (nSPS) is 12.9. The Kier molecular flexibility index (Phi) is 6.47. The molecule has 7 nitrogen and oxygen atoms in total. The Balaban J connectivity index is 3.02. The highest BCUT2D eigenvalue weighted by Crippen LogP contribution is 2.25. The first-order chi connectivity index (χ1) is 10.7. The fourth-order valence-electron chi connectivity index (χ4n) is 1.58. The Morgan fingerprint density at radius 3 is 2.48 bits per heavy atom. The molecule has 0 aliphatic heterocycles. The van der Waals surface area contributed by atoms with Gasteiger partial charge in [0.2, 0.25) is 10.0 Å². The van der Waals surface area contributed by atoms with Gasteiger partial charge in [-0.25, -0.2) is 17.9 Å². The molecule has 1 aromatic rings. The van der Waals surface area contributed by atoms with Crippen LogP contribution < -0.4 is 9.46 Å². The number of ketones is 1. The van der Waals surface area contributed by atoms with Crippen LogP contribution in [0.25, 0.3) is 6.08 Å². The molecule has 0 unspecified atom stereocenters. The molecule has 0 fully saturated rings. The van der Waals surface area contributed by atoms with Gasteiger partial charge in [-0.2, -0.15) is 0 Å². The van der Waals surface area contributed by atoms with Crippen molar-refractivity contribution in [2.24, 2.45) is 0 Å². The number of carbonyl (C=O) groups is 2. The molecule has 0 aliphatic carbocycles. The number of ether oxygens (including phenoxy) is 2. The number of hydrogen-bond acceptors (Lipinski definition) is 6. The number of esters is 1. The van der Waals surface area contributed by atoms with Crippen molar-refractivity contribution >= 4 is 27.9 Å². The number of Topliss-reactive ketones (excluding diaryl/α,β-unsaturated/α-hetero) is 1. The second kappa shape index (κ2) is 7.89. The van der Waals surface area contributed by atoms with Crippen LogP contribution in [0.4, 0.5) is 0 Å². The van der Waals surface area contributed by atoms with Gasteiger partial charge >= 0.3 is 5.97 Å². The lowest BCUT2D eigenvalue weighted by Crippen LogP contribution is -2.20. The van der Waals surface area contributed by atoms with Crippen LogP contribution in [0.3, 0.4) is 0 Å². The third-order valence-corrected chi connectivity index (χ3v) is 4.46. The second-order valence-corrected chi connectivity index (χ2v) is 6.50. The van der Waals surface area contributed by atoms with Gasteiger partial charge in [0.05, 0.1) is 7.11 Å². The molecule has 1 rings (SSSR count). The molecule has 23 heavy (non-hydrogen) atoms. The van der Waals surface area contributed by atoms with Crippen molar-refractivity contribution in [3.8, 4) is 5.75 Å². The lowest BCUT2D eigenvalue weighted by Gasteiger charge is -2.09. The van der Waals surface area contributed by atoms with E-state index in [1.165, 1.54) is 46.2 Å². The van der Waals surface area contributed by atoms with Gasteiger partial charge in [0, 0.05) is 6.08 Å². The highest BCUT2D eigenvalue weighted by atomic mass is 32.2. The molecular formula is C15H19NO6S. The first kappa shape index (κ1) is 18.9. The molecule has 1 aromatic carbocycles. The van der Waals surface area contributed by atoms with E-state index in [1.807, 2.05) is 0 Å². The quantitative estimate of drug-likeness (QED) is 0.590. The van der Waals surface area contributed by atoms with Crippen LogP contribution in [0.1, 0.15) is 19.4 Å². The van der Waals surface area contributed by atoms with Gasteiger partial charge in [-0.3, -0.25) is 4.79 Å². The van der Waals surface area contributed by atoms with Gasteiger partial charge < -0.3 is 9.47 Å². The topological polar surface area (TPSA) is 98.8 Å². The molecule has 0 saturated carbocycles. The maximum absolute atomic E-state index is 11.9. The molecule has 8 heteroatoms. The van der Waals surface area contributed by atoms with Gasteiger partial charge in [0.25, 0.3) is 0 Å². The molecule has 0 radical (unpaired) electrons. The van der Waals surface area contributed by atoms with E-state index in [9.17, 15) is 18.0 Å². The standard InChI is InChI=1S/C15H19NO6S/c1-10(17)11(2)22-15(18)8-6-12-5-7-13(21-4)14(9-12)23(19,20)16-3/h5-9,11,16H,1-4H3/b8-6+/t11-/m0/s1. The molecule has 0 spiro atoms. The number of hydrogen-bond donors (Lipinski definition) is 1. The second-order valence-electron chi connectivity index (χ2n) is 4.64. The summed E-state index contributed by atoms with van der Waals surface area (Å²) in [6, 6.07) is 4.43. The number of nitrogens with one attached hydrogen (secondary N) is 1. The maximum Gasteiger partial charge on any atom is 0.331 e. The summed E-state index contributed by atoms with van der Waals surface area (Å²) in [6.45, 7) is 2.79. The van der Waals surface area contributed by atoms with E-state index < -0.39 is 22.1 Å². The largest absolute Gasteiger partial charge is 0.495 e. The van der Waals surface area contributed by atoms with Crippen LogP contribution in [-0.4, -0.2) is 40.4 Å². The van der Waals surface area contributed by atoms with Gasteiger partial charge in [0.1, 0.15) is 10.6 Å². The van der Waals surface area contributed by atoms with E-state index in [4.69, 9.17) is 9.47 Å². The number of carbonyl (C=O) groups excluding carboxylic acids is 2. The van der Waals surface area contributed by atoms with E-state index >= 15 is 0 Å². The van der Waals surface area contributed by atoms with Crippen molar-refractivity contribution in [3.63, 3.8) is 0 Å². The van der Waals surface area contributed by atoms with Crippen LogP contribution in [0, 0.1) is 0 Å². The molecule has 0 amide bonds. The van der Waals surface area contributed by atoms with Crippen LogP contribution in [0.15, 0.2) is 29.2 Å². The Hall–Kier alpha value is -2.19. The monoisotopic (exact) mass is 341 g/mol. The van der Waals surface area contributed by atoms with Gasteiger partial charge in [-0.05, 0) is 44.7 Å². The van der Waals surface area contributed by atoms with Crippen LogP contribution in [-0.2, 0) is 24.3 Å². The lowest BCUT2D eigenvalue weighted by atomic mass is 10.2. The maximum atomic E-state index is 11.9. The minimum absolute atomic E-state index is 0.0462. The zero-order chi connectivity index (χ0) is 17.6. The number of benzene rings is 1. The van der Waals surface area contributed by atoms with E-state index in [0.29, 0.717) is 5.56 Å². The third-order valence-electron chi connectivity index (χ3n) is 3.02. The van der Waals surface area contributed by atoms with Gasteiger partial charge in [-0.15, -0.1) is 0 Å². The predicted octanol–water partition coefficient (Wildman–Crippen LogP) is 1.14. The zero-order valence-corrected chi connectivity index (χ0v) is 14.1. The average molecular weight is 341 g/mol. The van der Waals surface area contributed by atoms with Crippen molar-refractivity contribution in [3.05, 3.63) is 29.8 Å². The SMILES string of the molecule is CNS(=O)(=O)c1cc(/C=C/C(=O)O[C@@H](C)C(C)=O)ccc1OC. The third kappa shape index (κ3) is 5.19. The van der Waals surface area contributed by atoms with Crippen molar-refractivity contribution in [2.75, 3.05) is 14.2 Å². The van der Waals surface area contributed by atoms with Crippen molar-refractivity contribution in [1.82, 2.24) is 4.72 Å². The Morgan fingerprint density at radius 2 is 1.96 bits per heavy atom. The highest BCUT2D eigenvalue weighted by molar-refractivity contribution is 7.89. The summed E-state index contributed by atoms with van der Waals surface area (Å²) >= 11 is 0. The summed E-state index contributed by atoms with van der Waals surface area (Å²) in [7, 11) is -1.05. The predicted molar refractivity (Wildman–Crippen MR) is 84.5 cm³/mol. The number of sulfonamides is 1. The first-order valence-electron chi connectivity index (χ1n) is 6.72. The van der Waals surface area contributed by atoms with E-state index in [0.717, 1.165) is 6.08 Å². The van der Waals surface area contributed by atoms with Crippen LogP contribution >= 0.6 is 0 Å². The smallest absolute Gasteiger partial charge is 0.331 e. The highest BCUT2D eigenvalue weighted by Gasteiger charge is 2.18.